The molecule has 4 N–H and O–H groups in total. The molecule has 1 aromatic heterocycles. The van der Waals surface area contributed by atoms with Crippen molar-refractivity contribution in [1.29, 1.82) is 0 Å². The minimum absolute atomic E-state index is 0.235. The summed E-state index contributed by atoms with van der Waals surface area (Å²) in [7, 11) is 0. The van der Waals surface area contributed by atoms with Crippen LogP contribution in [0.15, 0.2) is 85.0 Å². The smallest absolute Gasteiger partial charge is 0.328 e. The van der Waals surface area contributed by atoms with Crippen LogP contribution in [-0.2, 0) is 16.1 Å². The number of fused-ring (bicyclic) bond motifs is 5. The SMILES string of the molecule is O=C(O)/C=C/c1ccc(NC(=O)C2(NC(=O)c3ccc4c(C5CCCCC5)c5n(c4c3)C/C=C\CNc3ccccc3-5)CCCC2)cc1. The Morgan fingerprint density at radius 3 is 2.44 bits per heavy atom. The first-order valence-corrected chi connectivity index (χ1v) is 17.2. The third-order valence-electron chi connectivity index (χ3n) is 10.3. The average molecular weight is 643 g/mol. The number of aromatic nitrogens is 1. The van der Waals surface area contributed by atoms with Gasteiger partial charge in [0.15, 0.2) is 0 Å². The van der Waals surface area contributed by atoms with Crippen molar-refractivity contribution in [3.8, 4) is 11.3 Å². The fourth-order valence-electron chi connectivity index (χ4n) is 7.85. The molecule has 0 bridgehead atoms. The molecule has 2 fully saturated rings. The summed E-state index contributed by atoms with van der Waals surface area (Å²) in [6.07, 6.45) is 15.8. The number of hydrogen-bond donors (Lipinski definition) is 4. The van der Waals surface area contributed by atoms with Crippen LogP contribution in [-0.4, -0.2) is 39.5 Å². The number of para-hydroxylation sites is 1. The van der Waals surface area contributed by atoms with Gasteiger partial charge in [0.1, 0.15) is 5.54 Å². The Kier molecular flexibility index (Phi) is 8.89. The molecular formula is C40H42N4O4. The van der Waals surface area contributed by atoms with Gasteiger partial charge in [0.25, 0.3) is 5.91 Å². The molecule has 0 radical (unpaired) electrons. The summed E-state index contributed by atoms with van der Waals surface area (Å²) in [6.45, 7) is 1.46. The highest BCUT2D eigenvalue weighted by Crippen LogP contribution is 2.46. The summed E-state index contributed by atoms with van der Waals surface area (Å²) in [4.78, 5) is 38.7. The van der Waals surface area contributed by atoms with E-state index < -0.39 is 11.5 Å². The van der Waals surface area contributed by atoms with Crippen molar-refractivity contribution in [3.63, 3.8) is 0 Å². The first-order valence-electron chi connectivity index (χ1n) is 17.2. The summed E-state index contributed by atoms with van der Waals surface area (Å²) >= 11 is 0. The van der Waals surface area contributed by atoms with E-state index >= 15 is 0 Å². The first-order chi connectivity index (χ1) is 23.4. The van der Waals surface area contributed by atoms with Gasteiger partial charge in [0.05, 0.1) is 5.69 Å². The molecule has 0 atom stereocenters. The van der Waals surface area contributed by atoms with Gasteiger partial charge >= 0.3 is 5.97 Å². The van der Waals surface area contributed by atoms with Crippen molar-refractivity contribution in [2.75, 3.05) is 17.2 Å². The zero-order valence-electron chi connectivity index (χ0n) is 27.1. The van der Waals surface area contributed by atoms with Gasteiger partial charge in [-0.15, -0.1) is 0 Å². The maximum absolute atomic E-state index is 14.1. The van der Waals surface area contributed by atoms with Gasteiger partial charge < -0.3 is 25.6 Å². The highest BCUT2D eigenvalue weighted by molar-refractivity contribution is 6.06. The fourth-order valence-corrected chi connectivity index (χ4v) is 7.85. The fraction of sp³-hybridized carbons (Fsp3) is 0.325. The lowest BCUT2D eigenvalue weighted by atomic mass is 9.81. The van der Waals surface area contributed by atoms with E-state index in [0.717, 1.165) is 36.7 Å². The molecule has 48 heavy (non-hydrogen) atoms. The summed E-state index contributed by atoms with van der Waals surface area (Å²) in [6, 6.07) is 21.6. The molecule has 2 aliphatic carbocycles. The molecule has 3 aromatic carbocycles. The van der Waals surface area contributed by atoms with E-state index in [2.05, 4.69) is 63.0 Å². The predicted octanol–water partition coefficient (Wildman–Crippen LogP) is 8.12. The molecule has 8 heteroatoms. The first kappa shape index (κ1) is 31.5. The van der Waals surface area contributed by atoms with Crippen LogP contribution in [0, 0.1) is 0 Å². The Morgan fingerprint density at radius 1 is 0.896 bits per heavy atom. The Morgan fingerprint density at radius 2 is 1.67 bits per heavy atom. The number of carboxylic acids is 1. The van der Waals surface area contributed by atoms with E-state index in [9.17, 15) is 14.4 Å². The molecule has 2 amide bonds. The number of nitrogens with zero attached hydrogens (tertiary/aromatic N) is 1. The van der Waals surface area contributed by atoms with Crippen LogP contribution in [0.5, 0.6) is 0 Å². The lowest BCUT2D eigenvalue weighted by molar-refractivity contribution is -0.131. The molecule has 0 saturated heterocycles. The van der Waals surface area contributed by atoms with Crippen LogP contribution in [0.1, 0.15) is 85.2 Å². The van der Waals surface area contributed by atoms with Gasteiger partial charge in [0, 0.05) is 52.6 Å². The van der Waals surface area contributed by atoms with Crippen molar-refractivity contribution in [1.82, 2.24) is 9.88 Å². The Bertz CT molecular complexity index is 1910. The van der Waals surface area contributed by atoms with Gasteiger partial charge in [-0.1, -0.05) is 80.7 Å². The largest absolute Gasteiger partial charge is 0.478 e. The minimum atomic E-state index is -1.02. The van der Waals surface area contributed by atoms with E-state index in [4.69, 9.17) is 5.11 Å². The van der Waals surface area contributed by atoms with Gasteiger partial charge in [-0.3, -0.25) is 9.59 Å². The lowest BCUT2D eigenvalue weighted by Gasteiger charge is -2.29. The van der Waals surface area contributed by atoms with Crippen LogP contribution < -0.4 is 16.0 Å². The summed E-state index contributed by atoms with van der Waals surface area (Å²) in [5.41, 5.74) is 6.81. The zero-order valence-corrected chi connectivity index (χ0v) is 27.1. The number of amides is 2. The number of allylic oxidation sites excluding steroid dienone is 1. The minimum Gasteiger partial charge on any atom is -0.478 e. The average Bonchev–Trinajstić information content (AvgIpc) is 3.73. The predicted molar refractivity (Wildman–Crippen MR) is 191 cm³/mol. The number of anilines is 2. The lowest BCUT2D eigenvalue weighted by Crippen LogP contribution is -2.55. The highest BCUT2D eigenvalue weighted by atomic mass is 16.4. The van der Waals surface area contributed by atoms with Gasteiger partial charge in [-0.25, -0.2) is 4.79 Å². The summed E-state index contributed by atoms with van der Waals surface area (Å²) in [5.74, 6) is -1.05. The molecule has 2 saturated carbocycles. The maximum atomic E-state index is 14.1. The molecule has 0 spiro atoms. The van der Waals surface area contributed by atoms with E-state index in [1.165, 1.54) is 60.4 Å². The van der Waals surface area contributed by atoms with Crippen molar-refractivity contribution in [2.45, 2.75) is 75.8 Å². The number of rotatable bonds is 7. The Hall–Kier alpha value is -5.11. The standard InChI is InChI=1S/C40H42N4O4/c45-35(46)21-16-27-14-18-30(19-15-27)42-39(48)40(22-6-7-23-40)43-38(47)29-17-20-32-34(26-29)44-25-9-8-24-41-33-13-5-4-12-31(33)37(44)36(32)28-10-2-1-3-11-28/h4-5,8-9,12-21,26,28,41H,1-3,6-7,10-11,22-25H2,(H,42,48)(H,43,47)(H,45,46)/b9-8-,21-16+. The second-order valence-electron chi connectivity index (χ2n) is 13.3. The van der Waals surface area contributed by atoms with Crippen LogP contribution >= 0.6 is 0 Å². The summed E-state index contributed by atoms with van der Waals surface area (Å²) in [5, 5.41) is 19.9. The molecule has 2 heterocycles. The number of benzene rings is 3. The third kappa shape index (κ3) is 6.27. The van der Waals surface area contributed by atoms with Crippen LogP contribution in [0.25, 0.3) is 28.2 Å². The molecule has 0 unspecified atom stereocenters. The molecule has 4 aromatic rings. The maximum Gasteiger partial charge on any atom is 0.328 e. The molecule has 1 aliphatic heterocycles. The third-order valence-corrected chi connectivity index (χ3v) is 10.3. The van der Waals surface area contributed by atoms with E-state index in [0.29, 0.717) is 42.1 Å². The van der Waals surface area contributed by atoms with Crippen molar-refractivity contribution < 1.29 is 19.5 Å². The number of carbonyl (C=O) groups excluding carboxylic acids is 2. The molecule has 3 aliphatic rings. The quantitative estimate of drug-likeness (QED) is 0.120. The molecule has 8 nitrogen and oxygen atoms in total. The summed E-state index contributed by atoms with van der Waals surface area (Å²) < 4.78 is 2.38. The van der Waals surface area contributed by atoms with Crippen LogP contribution in [0.4, 0.5) is 11.4 Å². The zero-order chi connectivity index (χ0) is 33.1. The topological polar surface area (TPSA) is 112 Å². The van der Waals surface area contributed by atoms with Crippen molar-refractivity contribution in [2.24, 2.45) is 0 Å². The highest BCUT2D eigenvalue weighted by Gasteiger charge is 2.43. The van der Waals surface area contributed by atoms with E-state index in [-0.39, 0.29) is 11.8 Å². The second-order valence-corrected chi connectivity index (χ2v) is 13.3. The number of nitrogens with one attached hydrogen (secondary N) is 3. The number of hydrogen-bond acceptors (Lipinski definition) is 4. The van der Waals surface area contributed by atoms with E-state index in [1.807, 2.05) is 12.1 Å². The van der Waals surface area contributed by atoms with Crippen molar-refractivity contribution >= 4 is 46.1 Å². The van der Waals surface area contributed by atoms with Crippen LogP contribution in [0.2, 0.25) is 0 Å². The monoisotopic (exact) mass is 642 g/mol. The second kappa shape index (κ2) is 13.6. The Balaban J connectivity index is 1.22. The van der Waals surface area contributed by atoms with Gasteiger partial charge in [0.2, 0.25) is 5.91 Å². The van der Waals surface area contributed by atoms with Crippen LogP contribution in [0.3, 0.4) is 0 Å². The van der Waals surface area contributed by atoms with Gasteiger partial charge in [-0.2, -0.15) is 0 Å². The Labute approximate surface area is 280 Å². The number of aliphatic carboxylic acids is 1. The van der Waals surface area contributed by atoms with Crippen molar-refractivity contribution in [3.05, 3.63) is 102 Å². The van der Waals surface area contributed by atoms with E-state index in [1.54, 1.807) is 24.3 Å². The molecule has 246 valence electrons. The number of carboxylic acid groups (broad SMARTS) is 1. The molecular weight excluding hydrogens is 600 g/mol. The normalized spacial score (nSPS) is 18.2. The molecule has 7 rings (SSSR count). The number of carbonyl (C=O) groups is 3. The van der Waals surface area contributed by atoms with Gasteiger partial charge in [-0.05, 0) is 79.1 Å².